The molecule has 1 aliphatic heterocycles. The third-order valence-electron chi connectivity index (χ3n) is 5.41. The Morgan fingerprint density at radius 3 is 2.29 bits per heavy atom. The summed E-state index contributed by atoms with van der Waals surface area (Å²) in [5.74, 6) is -0.138. The maximum atomic E-state index is 12.8. The van der Waals surface area contributed by atoms with Crippen molar-refractivity contribution in [3.05, 3.63) is 89.9 Å². The maximum absolute atomic E-state index is 12.8. The van der Waals surface area contributed by atoms with Gasteiger partial charge in [-0.2, -0.15) is 0 Å². The number of β-amino-alcohol motifs (C(OH)–C–C–N with tert-alkyl or cyclic N) is 1. The summed E-state index contributed by atoms with van der Waals surface area (Å²) in [5, 5.41) is 13.2. The van der Waals surface area contributed by atoms with E-state index in [1.807, 2.05) is 35.2 Å². The molecule has 1 unspecified atom stereocenters. The van der Waals surface area contributed by atoms with Crippen molar-refractivity contribution in [2.45, 2.75) is 6.10 Å². The molecule has 2 N–H and O–H groups in total. The van der Waals surface area contributed by atoms with Crippen molar-refractivity contribution in [2.75, 3.05) is 38.0 Å². The summed E-state index contributed by atoms with van der Waals surface area (Å²) >= 11 is 0. The molecule has 31 heavy (non-hydrogen) atoms. The van der Waals surface area contributed by atoms with Crippen molar-refractivity contribution in [1.29, 1.82) is 0 Å². The van der Waals surface area contributed by atoms with Gasteiger partial charge in [0, 0.05) is 44.0 Å². The monoisotopic (exact) mass is 419 g/mol. The average Bonchev–Trinajstić information content (AvgIpc) is 3.35. The molecule has 2 amide bonds. The normalized spacial score (nSPS) is 15.5. The smallest absolute Gasteiger partial charge is 0.291 e. The number of carbonyl (C=O) groups excluding carboxylic acids is 2. The van der Waals surface area contributed by atoms with E-state index < -0.39 is 6.10 Å². The quantitative estimate of drug-likeness (QED) is 0.642. The lowest BCUT2D eigenvalue weighted by Gasteiger charge is -2.35. The Balaban J connectivity index is 1.28. The van der Waals surface area contributed by atoms with E-state index in [2.05, 4.69) is 10.2 Å². The number of rotatable bonds is 6. The molecule has 0 spiro atoms. The Morgan fingerprint density at radius 1 is 0.935 bits per heavy atom. The topological polar surface area (TPSA) is 86.0 Å². The molecule has 0 radical (unpaired) electrons. The SMILES string of the molecule is O=C(Nc1ccc(C(=O)N2CCN(CC(O)c3ccccc3)CC2)cc1)c1ccco1. The van der Waals surface area contributed by atoms with Gasteiger partial charge in [0.25, 0.3) is 11.8 Å². The summed E-state index contributed by atoms with van der Waals surface area (Å²) in [6.07, 6.45) is 0.908. The van der Waals surface area contributed by atoms with Gasteiger partial charge in [0.05, 0.1) is 12.4 Å². The fourth-order valence-electron chi connectivity index (χ4n) is 3.64. The molecule has 160 valence electrons. The van der Waals surface area contributed by atoms with Crippen LogP contribution in [0.15, 0.2) is 77.4 Å². The van der Waals surface area contributed by atoms with Crippen LogP contribution in [0.5, 0.6) is 0 Å². The number of nitrogens with one attached hydrogen (secondary N) is 1. The summed E-state index contributed by atoms with van der Waals surface area (Å²) in [4.78, 5) is 28.9. The molecule has 0 aliphatic carbocycles. The standard InChI is InChI=1S/C24H25N3O4/c28-21(18-5-2-1-3-6-18)17-26-12-14-27(15-13-26)24(30)19-8-10-20(11-9-19)25-23(29)22-7-4-16-31-22/h1-11,16,21,28H,12-15,17H2,(H,25,29). The predicted molar refractivity (Wildman–Crippen MR) is 117 cm³/mol. The Bertz CT molecular complexity index is 995. The van der Waals surface area contributed by atoms with Gasteiger partial charge >= 0.3 is 0 Å². The molecule has 1 fully saturated rings. The molecule has 2 heterocycles. The van der Waals surface area contributed by atoms with Crippen LogP contribution in [0.2, 0.25) is 0 Å². The van der Waals surface area contributed by atoms with Crippen LogP contribution in [0, 0.1) is 0 Å². The van der Waals surface area contributed by atoms with Gasteiger partial charge in [-0.3, -0.25) is 14.5 Å². The zero-order valence-corrected chi connectivity index (χ0v) is 17.1. The van der Waals surface area contributed by atoms with E-state index in [0.717, 1.165) is 5.56 Å². The van der Waals surface area contributed by atoms with Crippen LogP contribution >= 0.6 is 0 Å². The van der Waals surface area contributed by atoms with E-state index in [9.17, 15) is 14.7 Å². The van der Waals surface area contributed by atoms with Crippen molar-refractivity contribution in [3.8, 4) is 0 Å². The van der Waals surface area contributed by atoms with Gasteiger partial charge < -0.3 is 19.7 Å². The zero-order chi connectivity index (χ0) is 21.6. The van der Waals surface area contributed by atoms with Crippen LogP contribution < -0.4 is 5.32 Å². The molecule has 1 saturated heterocycles. The maximum Gasteiger partial charge on any atom is 0.291 e. The average molecular weight is 419 g/mol. The van der Waals surface area contributed by atoms with E-state index >= 15 is 0 Å². The number of hydrogen-bond acceptors (Lipinski definition) is 5. The highest BCUT2D eigenvalue weighted by atomic mass is 16.3. The Hall–Kier alpha value is -3.42. The highest BCUT2D eigenvalue weighted by molar-refractivity contribution is 6.02. The number of amides is 2. The molecular formula is C24H25N3O4. The highest BCUT2D eigenvalue weighted by Gasteiger charge is 2.23. The second-order valence-corrected chi connectivity index (χ2v) is 7.53. The zero-order valence-electron chi connectivity index (χ0n) is 17.1. The van der Waals surface area contributed by atoms with E-state index in [1.54, 1.807) is 36.4 Å². The first kappa shape index (κ1) is 20.8. The van der Waals surface area contributed by atoms with Crippen LogP contribution in [-0.4, -0.2) is 59.4 Å². The molecule has 0 bridgehead atoms. The van der Waals surface area contributed by atoms with Gasteiger partial charge in [-0.15, -0.1) is 0 Å². The summed E-state index contributed by atoms with van der Waals surface area (Å²) in [6.45, 7) is 3.20. The van der Waals surface area contributed by atoms with Crippen LogP contribution in [0.1, 0.15) is 32.6 Å². The first-order valence-corrected chi connectivity index (χ1v) is 10.3. The minimum absolute atomic E-state index is 0.0350. The number of nitrogens with zero attached hydrogens (tertiary/aromatic N) is 2. The minimum Gasteiger partial charge on any atom is -0.459 e. The number of carbonyl (C=O) groups is 2. The predicted octanol–water partition coefficient (Wildman–Crippen LogP) is 3.02. The lowest BCUT2D eigenvalue weighted by molar-refractivity contribution is 0.0527. The number of anilines is 1. The first-order chi connectivity index (χ1) is 15.1. The summed E-state index contributed by atoms with van der Waals surface area (Å²) in [6, 6.07) is 19.7. The van der Waals surface area contributed by atoms with Crippen LogP contribution in [0.3, 0.4) is 0 Å². The third kappa shape index (κ3) is 5.20. The summed E-state index contributed by atoms with van der Waals surface area (Å²) in [5.41, 5.74) is 2.08. The van der Waals surface area contributed by atoms with E-state index in [4.69, 9.17) is 4.42 Å². The minimum atomic E-state index is -0.535. The second-order valence-electron chi connectivity index (χ2n) is 7.53. The van der Waals surface area contributed by atoms with Gasteiger partial charge in [-0.05, 0) is 42.0 Å². The van der Waals surface area contributed by atoms with Gasteiger partial charge in [-0.1, -0.05) is 30.3 Å². The second kappa shape index (κ2) is 9.59. The number of aliphatic hydroxyl groups is 1. The van der Waals surface area contributed by atoms with E-state index in [-0.39, 0.29) is 17.6 Å². The molecule has 1 aliphatic rings. The Kier molecular flexibility index (Phi) is 6.45. The number of furan rings is 1. The van der Waals surface area contributed by atoms with Crippen LogP contribution in [0.4, 0.5) is 5.69 Å². The van der Waals surface area contributed by atoms with Crippen molar-refractivity contribution in [2.24, 2.45) is 0 Å². The van der Waals surface area contributed by atoms with Crippen LogP contribution in [-0.2, 0) is 0 Å². The van der Waals surface area contributed by atoms with E-state index in [0.29, 0.717) is 44.0 Å². The van der Waals surface area contributed by atoms with Crippen LogP contribution in [0.25, 0.3) is 0 Å². The van der Waals surface area contributed by atoms with Gasteiger partial charge in [0.2, 0.25) is 0 Å². The lowest BCUT2D eigenvalue weighted by atomic mass is 10.1. The molecule has 7 nitrogen and oxygen atoms in total. The molecule has 1 aromatic heterocycles. The van der Waals surface area contributed by atoms with Crippen molar-refractivity contribution >= 4 is 17.5 Å². The highest BCUT2D eigenvalue weighted by Crippen LogP contribution is 2.17. The molecule has 2 aromatic carbocycles. The molecule has 7 heteroatoms. The lowest BCUT2D eigenvalue weighted by Crippen LogP contribution is -2.49. The van der Waals surface area contributed by atoms with Crippen molar-refractivity contribution in [1.82, 2.24) is 9.80 Å². The number of benzene rings is 2. The fraction of sp³-hybridized carbons (Fsp3) is 0.250. The number of piperazine rings is 1. The van der Waals surface area contributed by atoms with Crippen molar-refractivity contribution < 1.29 is 19.1 Å². The fourth-order valence-corrected chi connectivity index (χ4v) is 3.64. The Morgan fingerprint density at radius 2 is 1.65 bits per heavy atom. The first-order valence-electron chi connectivity index (χ1n) is 10.3. The number of aliphatic hydroxyl groups excluding tert-OH is 1. The molecular weight excluding hydrogens is 394 g/mol. The third-order valence-corrected chi connectivity index (χ3v) is 5.41. The summed E-state index contributed by atoms with van der Waals surface area (Å²) in [7, 11) is 0. The van der Waals surface area contributed by atoms with E-state index in [1.165, 1.54) is 6.26 Å². The molecule has 1 atom stereocenters. The van der Waals surface area contributed by atoms with Crippen molar-refractivity contribution in [3.63, 3.8) is 0 Å². The molecule has 0 saturated carbocycles. The largest absolute Gasteiger partial charge is 0.459 e. The number of hydrogen-bond donors (Lipinski definition) is 2. The summed E-state index contributed by atoms with van der Waals surface area (Å²) < 4.78 is 5.07. The molecule has 4 rings (SSSR count). The Labute approximate surface area is 180 Å². The van der Waals surface area contributed by atoms with Gasteiger partial charge in [-0.25, -0.2) is 0 Å². The molecule has 3 aromatic rings. The van der Waals surface area contributed by atoms with Gasteiger partial charge in [0.15, 0.2) is 5.76 Å². The van der Waals surface area contributed by atoms with Gasteiger partial charge in [0.1, 0.15) is 0 Å².